The van der Waals surface area contributed by atoms with Crippen molar-refractivity contribution in [2.45, 2.75) is 45.6 Å². The summed E-state index contributed by atoms with van der Waals surface area (Å²) in [6.45, 7) is 9.51. The highest BCUT2D eigenvalue weighted by Gasteiger charge is 2.23. The summed E-state index contributed by atoms with van der Waals surface area (Å²) in [4.78, 5) is 12.5. The van der Waals surface area contributed by atoms with Gasteiger partial charge >= 0.3 is 0 Å². The molecule has 0 spiro atoms. The number of sulfonamides is 1. The molecule has 2 aromatic rings. The lowest BCUT2D eigenvalue weighted by atomic mass is 10.1. The summed E-state index contributed by atoms with van der Waals surface area (Å²) in [5.41, 5.74) is 3.38. The second kappa shape index (κ2) is 8.54. The standard InChI is InChI=1S/C20H26N2O4S/c1-6-26-19-10-8-17(12-15(19)4)27(24,25)22-16(5)20(23)21-18-9-7-13(2)11-14(18)3/h7-12,16,22H,6H2,1-5H3,(H,21,23)/t16-/m0/s1. The maximum absolute atomic E-state index is 12.6. The molecule has 2 aromatic carbocycles. The van der Waals surface area contributed by atoms with E-state index in [1.165, 1.54) is 19.1 Å². The first-order chi connectivity index (χ1) is 12.6. The minimum Gasteiger partial charge on any atom is -0.494 e. The summed E-state index contributed by atoms with van der Waals surface area (Å²) in [5, 5.41) is 2.76. The van der Waals surface area contributed by atoms with Crippen molar-refractivity contribution < 1.29 is 17.9 Å². The highest BCUT2D eigenvalue weighted by atomic mass is 32.2. The maximum Gasteiger partial charge on any atom is 0.242 e. The van der Waals surface area contributed by atoms with Gasteiger partial charge in [-0.1, -0.05) is 17.7 Å². The number of hydrogen-bond acceptors (Lipinski definition) is 4. The Morgan fingerprint density at radius 3 is 2.37 bits per heavy atom. The van der Waals surface area contributed by atoms with Gasteiger partial charge in [0.15, 0.2) is 0 Å². The number of ether oxygens (including phenoxy) is 1. The van der Waals surface area contributed by atoms with Crippen molar-refractivity contribution in [3.63, 3.8) is 0 Å². The van der Waals surface area contributed by atoms with Crippen molar-refractivity contribution >= 4 is 21.6 Å². The quantitative estimate of drug-likeness (QED) is 0.760. The molecule has 27 heavy (non-hydrogen) atoms. The molecule has 2 rings (SSSR count). The number of aryl methyl sites for hydroxylation is 3. The normalized spacial score (nSPS) is 12.5. The minimum atomic E-state index is -3.83. The van der Waals surface area contributed by atoms with E-state index in [1.807, 2.05) is 32.9 Å². The molecule has 0 heterocycles. The lowest BCUT2D eigenvalue weighted by Crippen LogP contribution is -2.41. The van der Waals surface area contributed by atoms with Gasteiger partial charge in [0.2, 0.25) is 15.9 Å². The SMILES string of the molecule is CCOc1ccc(S(=O)(=O)N[C@@H](C)C(=O)Nc2ccc(C)cc2C)cc1C. The van der Waals surface area contributed by atoms with Crippen molar-refractivity contribution in [2.75, 3.05) is 11.9 Å². The molecule has 2 N–H and O–H groups in total. The zero-order chi connectivity index (χ0) is 20.2. The van der Waals surface area contributed by atoms with Crippen LogP contribution in [0.25, 0.3) is 0 Å². The van der Waals surface area contributed by atoms with Crippen LogP contribution in [-0.4, -0.2) is 27.0 Å². The molecule has 146 valence electrons. The second-order valence-electron chi connectivity index (χ2n) is 6.51. The van der Waals surface area contributed by atoms with E-state index >= 15 is 0 Å². The molecule has 0 aliphatic rings. The molecule has 0 unspecified atom stereocenters. The number of carbonyl (C=O) groups is 1. The van der Waals surface area contributed by atoms with Gasteiger partial charge in [-0.05, 0) is 70.0 Å². The summed E-state index contributed by atoms with van der Waals surface area (Å²) in [7, 11) is -3.83. The molecule has 0 fully saturated rings. The fourth-order valence-electron chi connectivity index (χ4n) is 2.66. The molecule has 0 aromatic heterocycles. The Kier molecular flexibility index (Phi) is 6.62. The average Bonchev–Trinajstić information content (AvgIpc) is 2.58. The van der Waals surface area contributed by atoms with Crippen molar-refractivity contribution in [2.24, 2.45) is 0 Å². The largest absolute Gasteiger partial charge is 0.494 e. The van der Waals surface area contributed by atoms with Crippen LogP contribution in [0.5, 0.6) is 5.75 Å². The molecular formula is C20H26N2O4S. The summed E-state index contributed by atoms with van der Waals surface area (Å²) < 4.78 is 33.1. The van der Waals surface area contributed by atoms with E-state index in [0.717, 1.165) is 11.1 Å². The molecule has 0 bridgehead atoms. The van der Waals surface area contributed by atoms with Gasteiger partial charge in [0.25, 0.3) is 0 Å². The summed E-state index contributed by atoms with van der Waals surface area (Å²) in [6.07, 6.45) is 0. The Bertz CT molecular complexity index is 939. The van der Waals surface area contributed by atoms with Crippen LogP contribution in [0.3, 0.4) is 0 Å². The van der Waals surface area contributed by atoms with Gasteiger partial charge in [-0.15, -0.1) is 0 Å². The smallest absolute Gasteiger partial charge is 0.242 e. The number of carbonyl (C=O) groups excluding carboxylic acids is 1. The Balaban J connectivity index is 2.12. The van der Waals surface area contributed by atoms with Crippen molar-refractivity contribution in [1.29, 1.82) is 0 Å². The number of rotatable bonds is 7. The zero-order valence-electron chi connectivity index (χ0n) is 16.3. The molecule has 6 nitrogen and oxygen atoms in total. The van der Waals surface area contributed by atoms with Crippen LogP contribution in [0, 0.1) is 20.8 Å². The van der Waals surface area contributed by atoms with E-state index in [9.17, 15) is 13.2 Å². The predicted molar refractivity (Wildman–Crippen MR) is 107 cm³/mol. The van der Waals surface area contributed by atoms with Crippen LogP contribution < -0.4 is 14.8 Å². The highest BCUT2D eigenvalue weighted by Crippen LogP contribution is 2.22. The van der Waals surface area contributed by atoms with E-state index in [2.05, 4.69) is 10.0 Å². The highest BCUT2D eigenvalue weighted by molar-refractivity contribution is 7.89. The van der Waals surface area contributed by atoms with Gasteiger partial charge in [0.1, 0.15) is 5.75 Å². The average molecular weight is 391 g/mol. The third-order valence-corrected chi connectivity index (χ3v) is 5.66. The van der Waals surface area contributed by atoms with E-state index in [0.29, 0.717) is 23.6 Å². The molecular weight excluding hydrogens is 364 g/mol. The third-order valence-electron chi connectivity index (χ3n) is 4.12. The summed E-state index contributed by atoms with van der Waals surface area (Å²) in [5.74, 6) is 0.213. The molecule has 7 heteroatoms. The van der Waals surface area contributed by atoms with Gasteiger partial charge in [0, 0.05) is 5.69 Å². The van der Waals surface area contributed by atoms with E-state index in [4.69, 9.17) is 4.74 Å². The Morgan fingerprint density at radius 2 is 1.78 bits per heavy atom. The summed E-state index contributed by atoms with van der Waals surface area (Å²) in [6, 6.07) is 9.33. The van der Waals surface area contributed by atoms with Crippen LogP contribution in [0.2, 0.25) is 0 Å². The third kappa shape index (κ3) is 5.30. The number of nitrogens with one attached hydrogen (secondary N) is 2. The van der Waals surface area contributed by atoms with E-state index in [1.54, 1.807) is 19.1 Å². The van der Waals surface area contributed by atoms with Gasteiger partial charge in [-0.2, -0.15) is 4.72 Å². The van der Waals surface area contributed by atoms with Crippen molar-refractivity contribution in [3.05, 3.63) is 53.1 Å². The van der Waals surface area contributed by atoms with Gasteiger partial charge in [-0.25, -0.2) is 8.42 Å². The van der Waals surface area contributed by atoms with E-state index < -0.39 is 22.0 Å². The topological polar surface area (TPSA) is 84.5 Å². The Morgan fingerprint density at radius 1 is 1.07 bits per heavy atom. The first-order valence-electron chi connectivity index (χ1n) is 8.78. The number of anilines is 1. The van der Waals surface area contributed by atoms with Gasteiger partial charge in [-0.3, -0.25) is 4.79 Å². The molecule has 0 radical (unpaired) electrons. The first kappa shape index (κ1) is 20.9. The first-order valence-corrected chi connectivity index (χ1v) is 10.3. The molecule has 0 aliphatic carbocycles. The van der Waals surface area contributed by atoms with Crippen LogP contribution in [0.1, 0.15) is 30.5 Å². The van der Waals surface area contributed by atoms with Crippen LogP contribution in [0.4, 0.5) is 5.69 Å². The fourth-order valence-corrected chi connectivity index (χ4v) is 3.94. The Labute approximate surface area is 161 Å². The van der Waals surface area contributed by atoms with Gasteiger partial charge < -0.3 is 10.1 Å². The number of amides is 1. The maximum atomic E-state index is 12.6. The summed E-state index contributed by atoms with van der Waals surface area (Å²) >= 11 is 0. The van der Waals surface area contributed by atoms with Crippen LogP contribution in [0.15, 0.2) is 41.3 Å². The van der Waals surface area contributed by atoms with Crippen LogP contribution >= 0.6 is 0 Å². The zero-order valence-corrected chi connectivity index (χ0v) is 17.1. The van der Waals surface area contributed by atoms with Gasteiger partial charge in [0.05, 0.1) is 17.5 Å². The fraction of sp³-hybridized carbons (Fsp3) is 0.350. The Hall–Kier alpha value is -2.38. The molecule has 1 atom stereocenters. The molecule has 0 saturated heterocycles. The van der Waals surface area contributed by atoms with Crippen molar-refractivity contribution in [1.82, 2.24) is 4.72 Å². The molecule has 0 aliphatic heterocycles. The van der Waals surface area contributed by atoms with Crippen LogP contribution in [-0.2, 0) is 14.8 Å². The predicted octanol–water partition coefficient (Wildman–Crippen LogP) is 3.32. The monoisotopic (exact) mass is 390 g/mol. The number of benzene rings is 2. The molecule has 1 amide bonds. The minimum absolute atomic E-state index is 0.0922. The molecule has 0 saturated carbocycles. The van der Waals surface area contributed by atoms with Crippen molar-refractivity contribution in [3.8, 4) is 5.75 Å². The lowest BCUT2D eigenvalue weighted by Gasteiger charge is -2.16. The second-order valence-corrected chi connectivity index (χ2v) is 8.22. The lowest BCUT2D eigenvalue weighted by molar-refractivity contribution is -0.117. The number of hydrogen-bond donors (Lipinski definition) is 2. The van der Waals surface area contributed by atoms with E-state index in [-0.39, 0.29) is 4.90 Å².